The summed E-state index contributed by atoms with van der Waals surface area (Å²) in [5, 5.41) is 3.27. The lowest BCUT2D eigenvalue weighted by molar-refractivity contribution is -0.143. The van der Waals surface area contributed by atoms with Crippen LogP contribution in [0.25, 0.3) is 0 Å². The molecule has 37 heavy (non-hydrogen) atoms. The van der Waals surface area contributed by atoms with Crippen LogP contribution >= 0.6 is 38.5 Å². The molecule has 0 spiro atoms. The van der Waals surface area contributed by atoms with E-state index in [0.29, 0.717) is 18.7 Å². The predicted molar refractivity (Wildman–Crippen MR) is 158 cm³/mol. The molecule has 1 aliphatic carbocycles. The first-order chi connectivity index (χ1) is 18.0. The van der Waals surface area contributed by atoms with Crippen molar-refractivity contribution in [2.45, 2.75) is 57.2 Å². The molecule has 1 N–H and O–H groups in total. The van der Waals surface area contributed by atoms with Crippen molar-refractivity contribution >= 4 is 50.3 Å². The van der Waals surface area contributed by atoms with Crippen LogP contribution < -0.4 is 10.1 Å². The third kappa shape index (κ3) is 8.57. The summed E-state index contributed by atoms with van der Waals surface area (Å²) in [5.41, 5.74) is 1.96. The van der Waals surface area contributed by atoms with Gasteiger partial charge in [-0.05, 0) is 83.0 Å². The fraction of sp³-hybridized carbons (Fsp3) is 0.333. The molecule has 5 nitrogen and oxygen atoms in total. The Balaban J connectivity index is 1.60. The highest BCUT2D eigenvalue weighted by atomic mass is 127. The van der Waals surface area contributed by atoms with Crippen molar-refractivity contribution in [1.29, 1.82) is 0 Å². The topological polar surface area (TPSA) is 58.6 Å². The number of amides is 2. The Kier molecular flexibility index (Phi) is 10.4. The van der Waals surface area contributed by atoms with Crippen molar-refractivity contribution in [1.82, 2.24) is 10.2 Å². The van der Waals surface area contributed by atoms with Gasteiger partial charge in [0.25, 0.3) is 5.91 Å². The van der Waals surface area contributed by atoms with Gasteiger partial charge in [-0.3, -0.25) is 9.59 Å². The van der Waals surface area contributed by atoms with E-state index in [9.17, 15) is 9.59 Å². The number of hydrogen-bond acceptors (Lipinski definition) is 3. The Morgan fingerprint density at radius 1 is 0.946 bits per heavy atom. The third-order valence-corrected chi connectivity index (χ3v) is 7.85. The van der Waals surface area contributed by atoms with Crippen LogP contribution in [0.2, 0.25) is 0 Å². The number of hydrogen-bond donors (Lipinski definition) is 1. The monoisotopic (exact) mass is 674 g/mol. The number of carbonyl (C=O) groups is 2. The van der Waals surface area contributed by atoms with Crippen molar-refractivity contribution in [2.75, 3.05) is 6.61 Å². The van der Waals surface area contributed by atoms with E-state index >= 15 is 0 Å². The molecule has 1 atom stereocenters. The molecule has 0 unspecified atom stereocenters. The number of nitrogens with zero attached hydrogens (tertiary/aromatic N) is 1. The summed E-state index contributed by atoms with van der Waals surface area (Å²) >= 11 is 5.77. The minimum atomic E-state index is -0.656. The molecule has 1 saturated carbocycles. The van der Waals surface area contributed by atoms with Gasteiger partial charge in [-0.2, -0.15) is 0 Å². The molecule has 0 heterocycles. The lowest BCUT2D eigenvalue weighted by Gasteiger charge is -2.33. The van der Waals surface area contributed by atoms with Gasteiger partial charge < -0.3 is 15.0 Å². The standard InChI is InChI=1S/C30H32BrIN2O3/c31-24-11-7-10-23(18-24)20-34(29(35)21-37-27-16-14-25(32)15-17-27)28(19-22-8-3-1-4-9-22)30(36)33-26-12-5-2-6-13-26/h1,3-4,7-11,14-18,26,28H,2,5-6,12-13,19-21H2,(H,33,36)/t28-/m1/s1. The Bertz CT molecular complexity index is 1170. The molecule has 3 aromatic carbocycles. The predicted octanol–water partition coefficient (Wildman–Crippen LogP) is 6.52. The van der Waals surface area contributed by atoms with E-state index in [1.165, 1.54) is 6.42 Å². The van der Waals surface area contributed by atoms with Crippen LogP contribution in [0.1, 0.15) is 43.2 Å². The van der Waals surface area contributed by atoms with Crippen molar-refractivity contribution < 1.29 is 14.3 Å². The second-order valence-electron chi connectivity index (χ2n) is 9.44. The van der Waals surface area contributed by atoms with Crippen molar-refractivity contribution in [3.8, 4) is 5.75 Å². The van der Waals surface area contributed by atoms with Gasteiger partial charge in [0.1, 0.15) is 11.8 Å². The maximum absolute atomic E-state index is 13.8. The number of rotatable bonds is 10. The van der Waals surface area contributed by atoms with Gasteiger partial charge in [0, 0.05) is 27.1 Å². The van der Waals surface area contributed by atoms with E-state index in [-0.39, 0.29) is 24.5 Å². The summed E-state index contributed by atoms with van der Waals surface area (Å²) in [4.78, 5) is 29.2. The first kappa shape index (κ1) is 27.6. The summed E-state index contributed by atoms with van der Waals surface area (Å²) in [6.07, 6.45) is 5.86. The van der Waals surface area contributed by atoms with Gasteiger partial charge in [-0.1, -0.05) is 77.7 Å². The van der Waals surface area contributed by atoms with Crippen LogP contribution in [0.15, 0.2) is 83.3 Å². The molecule has 194 valence electrons. The molecule has 7 heteroatoms. The fourth-order valence-electron chi connectivity index (χ4n) is 4.69. The number of halogens is 2. The Labute approximate surface area is 241 Å². The number of ether oxygens (including phenoxy) is 1. The summed E-state index contributed by atoms with van der Waals surface area (Å²) < 4.78 is 7.88. The van der Waals surface area contributed by atoms with Crippen molar-refractivity contribution in [3.63, 3.8) is 0 Å². The summed E-state index contributed by atoms with van der Waals surface area (Å²) in [7, 11) is 0. The molecule has 1 fully saturated rings. The zero-order chi connectivity index (χ0) is 26.0. The molecule has 0 aromatic heterocycles. The van der Waals surface area contributed by atoms with Gasteiger partial charge >= 0.3 is 0 Å². The SMILES string of the molecule is O=C(NC1CCCCC1)[C@@H](Cc1ccccc1)N(Cc1cccc(Br)c1)C(=O)COc1ccc(I)cc1. The Morgan fingerprint density at radius 3 is 2.35 bits per heavy atom. The first-order valence-corrected chi connectivity index (χ1v) is 14.6. The molecule has 1 aliphatic rings. The summed E-state index contributed by atoms with van der Waals surface area (Å²) in [5.74, 6) is 0.300. The van der Waals surface area contributed by atoms with Crippen LogP contribution in [-0.2, 0) is 22.6 Å². The zero-order valence-electron chi connectivity index (χ0n) is 20.7. The van der Waals surface area contributed by atoms with E-state index in [2.05, 4.69) is 43.8 Å². The van der Waals surface area contributed by atoms with Crippen LogP contribution in [0.4, 0.5) is 0 Å². The van der Waals surface area contributed by atoms with E-state index in [1.807, 2.05) is 78.9 Å². The van der Waals surface area contributed by atoms with E-state index in [1.54, 1.807) is 4.90 Å². The summed E-state index contributed by atoms with van der Waals surface area (Å²) in [6.45, 7) is 0.167. The third-order valence-electron chi connectivity index (χ3n) is 6.64. The second-order valence-corrected chi connectivity index (χ2v) is 11.6. The average molecular weight is 675 g/mol. The molecule has 2 amide bonds. The molecule has 0 radical (unpaired) electrons. The molecule has 3 aromatic rings. The molecule has 0 bridgehead atoms. The van der Waals surface area contributed by atoms with Gasteiger partial charge in [0.2, 0.25) is 5.91 Å². The smallest absolute Gasteiger partial charge is 0.261 e. The molecule has 4 rings (SSSR count). The van der Waals surface area contributed by atoms with Gasteiger partial charge in [-0.25, -0.2) is 0 Å². The second kappa shape index (κ2) is 14.0. The number of carbonyl (C=O) groups excluding carboxylic acids is 2. The first-order valence-electron chi connectivity index (χ1n) is 12.7. The van der Waals surface area contributed by atoms with E-state index in [0.717, 1.165) is 44.9 Å². The minimum Gasteiger partial charge on any atom is -0.484 e. The van der Waals surface area contributed by atoms with Crippen LogP contribution in [0.3, 0.4) is 0 Å². The Morgan fingerprint density at radius 2 is 1.65 bits per heavy atom. The molecular weight excluding hydrogens is 643 g/mol. The van der Waals surface area contributed by atoms with Crippen LogP contribution in [0, 0.1) is 3.57 Å². The van der Waals surface area contributed by atoms with Crippen molar-refractivity contribution in [2.24, 2.45) is 0 Å². The summed E-state index contributed by atoms with van der Waals surface area (Å²) in [6, 6.07) is 24.8. The van der Waals surface area contributed by atoms with Crippen LogP contribution in [0.5, 0.6) is 5.75 Å². The average Bonchev–Trinajstić information content (AvgIpc) is 2.91. The lowest BCUT2D eigenvalue weighted by Crippen LogP contribution is -2.53. The van der Waals surface area contributed by atoms with Gasteiger partial charge in [-0.15, -0.1) is 0 Å². The maximum atomic E-state index is 13.8. The highest BCUT2D eigenvalue weighted by molar-refractivity contribution is 14.1. The van der Waals surface area contributed by atoms with E-state index in [4.69, 9.17) is 4.74 Å². The molecule has 0 saturated heterocycles. The quantitative estimate of drug-likeness (QED) is 0.249. The molecular formula is C30H32BrIN2O3. The van der Waals surface area contributed by atoms with E-state index < -0.39 is 6.04 Å². The highest BCUT2D eigenvalue weighted by Gasteiger charge is 2.32. The number of benzene rings is 3. The largest absolute Gasteiger partial charge is 0.484 e. The highest BCUT2D eigenvalue weighted by Crippen LogP contribution is 2.21. The maximum Gasteiger partial charge on any atom is 0.261 e. The van der Waals surface area contributed by atoms with Crippen molar-refractivity contribution in [3.05, 3.63) is 98.0 Å². The van der Waals surface area contributed by atoms with Gasteiger partial charge in [0.15, 0.2) is 6.61 Å². The normalized spacial score (nSPS) is 14.5. The molecule has 0 aliphatic heterocycles. The van der Waals surface area contributed by atoms with Gasteiger partial charge in [0.05, 0.1) is 0 Å². The Hall–Kier alpha value is -2.39. The number of nitrogens with one attached hydrogen (secondary N) is 1. The van der Waals surface area contributed by atoms with Crippen LogP contribution in [-0.4, -0.2) is 35.4 Å². The fourth-order valence-corrected chi connectivity index (χ4v) is 5.50. The zero-order valence-corrected chi connectivity index (χ0v) is 24.5. The lowest BCUT2D eigenvalue weighted by atomic mass is 9.94. The minimum absolute atomic E-state index is 0.103.